The van der Waals surface area contributed by atoms with Gasteiger partial charge in [-0.25, -0.2) is 0 Å². The summed E-state index contributed by atoms with van der Waals surface area (Å²) in [6, 6.07) is 13.1. The smallest absolute Gasteiger partial charge is 0.296 e. The maximum atomic E-state index is 12.9. The van der Waals surface area contributed by atoms with Crippen molar-refractivity contribution in [1.82, 2.24) is 4.90 Å². The summed E-state index contributed by atoms with van der Waals surface area (Å²) in [5.41, 5.74) is 1.08. The molecule has 3 aromatic rings. The Morgan fingerprint density at radius 2 is 1.81 bits per heavy atom. The number of piperazine rings is 1. The number of carbonyl (C=O) groups is 1. The predicted molar refractivity (Wildman–Crippen MR) is 122 cm³/mol. The number of furan rings is 1. The summed E-state index contributed by atoms with van der Waals surface area (Å²) in [4.78, 5) is 27.5. The summed E-state index contributed by atoms with van der Waals surface area (Å²) >= 11 is 12.3. The molecule has 1 saturated heterocycles. The second-order valence-corrected chi connectivity index (χ2v) is 8.02. The molecule has 0 N–H and O–H groups in total. The van der Waals surface area contributed by atoms with E-state index in [1.165, 1.54) is 13.2 Å². The minimum absolute atomic E-state index is 0.0294. The Bertz CT molecular complexity index is 1170. The van der Waals surface area contributed by atoms with Crippen molar-refractivity contribution >= 4 is 40.5 Å². The predicted octanol–water partition coefficient (Wildman–Crippen LogP) is 5.13. The molecule has 2 aromatic carbocycles. The highest BCUT2D eigenvalue weighted by molar-refractivity contribution is 6.35. The first-order valence-corrected chi connectivity index (χ1v) is 10.5. The number of anilines is 1. The standard InChI is InChI=1S/C22H19Cl2N3O5/c1-31-15-3-5-18(19(13-15)27(29)30)25-8-10-26(11-9-25)22(28)21-7-6-20(32-21)16-12-14(23)2-4-17(16)24/h2-7,12-13H,8-11H2,1H3. The fourth-order valence-electron chi connectivity index (χ4n) is 3.63. The number of nitrogens with zero attached hydrogens (tertiary/aromatic N) is 3. The molecular formula is C22H19Cl2N3O5. The van der Waals surface area contributed by atoms with Crippen LogP contribution in [0.1, 0.15) is 10.6 Å². The molecule has 166 valence electrons. The SMILES string of the molecule is COc1ccc(N2CCN(C(=O)c3ccc(-c4cc(Cl)ccc4Cl)o3)CC2)c([N+](=O)[O-])c1. The van der Waals surface area contributed by atoms with Gasteiger partial charge in [0.15, 0.2) is 5.76 Å². The summed E-state index contributed by atoms with van der Waals surface area (Å²) in [5.74, 6) is 0.814. The average Bonchev–Trinajstić information content (AvgIpc) is 3.30. The first-order chi connectivity index (χ1) is 15.4. The van der Waals surface area contributed by atoms with Gasteiger partial charge in [0.05, 0.1) is 23.1 Å². The molecule has 0 saturated carbocycles. The molecule has 4 rings (SSSR count). The lowest BCUT2D eigenvalue weighted by molar-refractivity contribution is -0.384. The lowest BCUT2D eigenvalue weighted by Gasteiger charge is -2.35. The molecule has 10 heteroatoms. The van der Waals surface area contributed by atoms with E-state index in [9.17, 15) is 14.9 Å². The summed E-state index contributed by atoms with van der Waals surface area (Å²) < 4.78 is 10.8. The Balaban J connectivity index is 1.46. The van der Waals surface area contributed by atoms with Crippen LogP contribution >= 0.6 is 23.2 Å². The zero-order valence-electron chi connectivity index (χ0n) is 17.1. The van der Waals surface area contributed by atoms with Gasteiger partial charge in [0, 0.05) is 36.8 Å². The van der Waals surface area contributed by atoms with Gasteiger partial charge in [0.25, 0.3) is 11.6 Å². The van der Waals surface area contributed by atoms with E-state index in [-0.39, 0.29) is 17.4 Å². The van der Waals surface area contributed by atoms with Gasteiger partial charge in [0.1, 0.15) is 17.2 Å². The fourth-order valence-corrected chi connectivity index (χ4v) is 4.02. The maximum Gasteiger partial charge on any atom is 0.296 e. The van der Waals surface area contributed by atoms with Crippen molar-refractivity contribution in [1.29, 1.82) is 0 Å². The molecule has 0 bridgehead atoms. The third kappa shape index (κ3) is 4.37. The second-order valence-electron chi connectivity index (χ2n) is 7.18. The number of hydrogen-bond donors (Lipinski definition) is 0. The molecule has 8 nitrogen and oxygen atoms in total. The zero-order valence-corrected chi connectivity index (χ0v) is 18.6. The van der Waals surface area contributed by atoms with Gasteiger partial charge >= 0.3 is 0 Å². The van der Waals surface area contributed by atoms with E-state index in [0.717, 1.165) is 0 Å². The molecule has 0 unspecified atom stereocenters. The molecule has 0 atom stereocenters. The highest BCUT2D eigenvalue weighted by Crippen LogP contribution is 2.34. The molecule has 0 radical (unpaired) electrons. The van der Waals surface area contributed by atoms with Gasteiger partial charge in [-0.3, -0.25) is 14.9 Å². The third-order valence-corrected chi connectivity index (χ3v) is 5.86. The van der Waals surface area contributed by atoms with Crippen LogP contribution < -0.4 is 9.64 Å². The first kappa shape index (κ1) is 22.0. The number of hydrogen-bond acceptors (Lipinski definition) is 6. The second kappa shape index (κ2) is 9.10. The van der Waals surface area contributed by atoms with Crippen LogP contribution in [0.15, 0.2) is 52.9 Å². The third-order valence-electron chi connectivity index (χ3n) is 5.30. The maximum absolute atomic E-state index is 12.9. The molecule has 0 spiro atoms. The van der Waals surface area contributed by atoms with Crippen molar-refractivity contribution in [2.24, 2.45) is 0 Å². The number of nitro benzene ring substituents is 1. The Morgan fingerprint density at radius 1 is 1.06 bits per heavy atom. The van der Waals surface area contributed by atoms with E-state index in [2.05, 4.69) is 0 Å². The van der Waals surface area contributed by atoms with Gasteiger partial charge in [-0.1, -0.05) is 23.2 Å². The summed E-state index contributed by atoms with van der Waals surface area (Å²) in [7, 11) is 1.46. The molecule has 1 aliphatic heterocycles. The molecule has 1 aromatic heterocycles. The van der Waals surface area contributed by atoms with Crippen LogP contribution in [0.5, 0.6) is 5.75 Å². The normalized spacial score (nSPS) is 13.8. The summed E-state index contributed by atoms with van der Waals surface area (Å²) in [5, 5.41) is 12.5. The Morgan fingerprint density at radius 3 is 2.50 bits per heavy atom. The first-order valence-electron chi connectivity index (χ1n) is 9.79. The largest absolute Gasteiger partial charge is 0.496 e. The molecule has 1 aliphatic rings. The topological polar surface area (TPSA) is 89.1 Å². The van der Waals surface area contributed by atoms with Crippen LogP contribution in [0.25, 0.3) is 11.3 Å². The Kier molecular flexibility index (Phi) is 6.25. The van der Waals surface area contributed by atoms with Crippen molar-refractivity contribution < 1.29 is 18.9 Å². The van der Waals surface area contributed by atoms with E-state index in [0.29, 0.717) is 59.0 Å². The quantitative estimate of drug-likeness (QED) is 0.375. The van der Waals surface area contributed by atoms with Gasteiger partial charge in [-0.2, -0.15) is 0 Å². The number of halogens is 2. The molecule has 1 fully saturated rings. The van der Waals surface area contributed by atoms with Crippen LogP contribution in [-0.2, 0) is 0 Å². The van der Waals surface area contributed by atoms with Crippen molar-refractivity contribution in [2.75, 3.05) is 38.2 Å². The fraction of sp³-hybridized carbons (Fsp3) is 0.227. The Hall–Kier alpha value is -3.23. The van der Waals surface area contributed by atoms with Gasteiger partial charge in [-0.05, 0) is 42.5 Å². The van der Waals surface area contributed by atoms with E-state index in [1.54, 1.807) is 47.4 Å². The lowest BCUT2D eigenvalue weighted by Crippen LogP contribution is -2.48. The van der Waals surface area contributed by atoms with E-state index < -0.39 is 4.92 Å². The summed E-state index contributed by atoms with van der Waals surface area (Å²) in [6.45, 7) is 1.70. The highest BCUT2D eigenvalue weighted by Gasteiger charge is 2.28. The van der Waals surface area contributed by atoms with E-state index in [1.807, 2.05) is 4.90 Å². The van der Waals surface area contributed by atoms with Crippen molar-refractivity contribution in [3.63, 3.8) is 0 Å². The number of benzene rings is 2. The molecule has 0 aliphatic carbocycles. The minimum Gasteiger partial charge on any atom is -0.496 e. The van der Waals surface area contributed by atoms with Crippen LogP contribution in [0.2, 0.25) is 10.0 Å². The van der Waals surface area contributed by atoms with E-state index in [4.69, 9.17) is 32.4 Å². The monoisotopic (exact) mass is 475 g/mol. The number of methoxy groups -OCH3 is 1. The Labute approximate surface area is 194 Å². The molecular weight excluding hydrogens is 457 g/mol. The highest BCUT2D eigenvalue weighted by atomic mass is 35.5. The number of nitro groups is 1. The van der Waals surface area contributed by atoms with Crippen molar-refractivity contribution in [3.8, 4) is 17.1 Å². The lowest BCUT2D eigenvalue weighted by atomic mass is 10.2. The number of carbonyl (C=O) groups excluding carboxylic acids is 1. The zero-order chi connectivity index (χ0) is 22.8. The van der Waals surface area contributed by atoms with Crippen LogP contribution in [-0.4, -0.2) is 49.0 Å². The number of amides is 1. The van der Waals surface area contributed by atoms with Crippen molar-refractivity contribution in [3.05, 3.63) is 74.5 Å². The molecule has 1 amide bonds. The van der Waals surface area contributed by atoms with Gasteiger partial charge < -0.3 is 19.0 Å². The van der Waals surface area contributed by atoms with Crippen LogP contribution in [0.4, 0.5) is 11.4 Å². The van der Waals surface area contributed by atoms with Crippen LogP contribution in [0, 0.1) is 10.1 Å². The van der Waals surface area contributed by atoms with Gasteiger partial charge in [-0.15, -0.1) is 0 Å². The van der Waals surface area contributed by atoms with E-state index >= 15 is 0 Å². The average molecular weight is 476 g/mol. The number of ether oxygens (including phenoxy) is 1. The minimum atomic E-state index is -0.430. The number of rotatable bonds is 5. The molecule has 2 heterocycles. The molecule has 32 heavy (non-hydrogen) atoms. The summed E-state index contributed by atoms with van der Waals surface area (Å²) in [6.07, 6.45) is 0. The van der Waals surface area contributed by atoms with Gasteiger partial charge in [0.2, 0.25) is 0 Å². The van der Waals surface area contributed by atoms with Crippen LogP contribution in [0.3, 0.4) is 0 Å². The van der Waals surface area contributed by atoms with Crippen molar-refractivity contribution in [2.45, 2.75) is 0 Å².